The smallest absolute Gasteiger partial charge is 0.360 e. The normalized spacial score (nSPS) is 13.9. The Kier molecular flexibility index (Phi) is 11.6. The average molecular weight is 658 g/mol. The van der Waals surface area contributed by atoms with Gasteiger partial charge in [0.15, 0.2) is 0 Å². The minimum atomic E-state index is -3.39. The zero-order valence-corrected chi connectivity index (χ0v) is 26.8. The summed E-state index contributed by atoms with van der Waals surface area (Å²) in [6, 6.07) is 20.1. The molecule has 1 aromatic heterocycles. The lowest BCUT2D eigenvalue weighted by Crippen LogP contribution is -2.50. The lowest BCUT2D eigenvalue weighted by atomic mass is 10.0. The number of hydrogen-bond donors (Lipinski definition) is 5. The molecule has 240 valence electrons. The molecule has 11 nitrogen and oxygen atoms in total. The third-order valence-electron chi connectivity index (χ3n) is 7.48. The molecule has 1 heterocycles. The van der Waals surface area contributed by atoms with Gasteiger partial charge in [0, 0.05) is 49.3 Å². The van der Waals surface area contributed by atoms with Crippen LogP contribution in [0.4, 0.5) is 0 Å². The van der Waals surface area contributed by atoms with Crippen LogP contribution in [-0.4, -0.2) is 70.9 Å². The van der Waals surface area contributed by atoms with Crippen molar-refractivity contribution in [3.63, 3.8) is 0 Å². The van der Waals surface area contributed by atoms with Gasteiger partial charge in [-0.2, -0.15) is 0 Å². The fraction of sp³-hybridized carbons (Fsp3) is 0.312. The van der Waals surface area contributed by atoms with Gasteiger partial charge in [0.25, 0.3) is 0 Å². The van der Waals surface area contributed by atoms with Gasteiger partial charge < -0.3 is 34.3 Å². The predicted octanol–water partition coefficient (Wildman–Crippen LogP) is 4.28. The van der Waals surface area contributed by atoms with Crippen molar-refractivity contribution in [1.29, 1.82) is 0 Å². The molecule has 0 bridgehead atoms. The number of nitrogens with zero attached hydrogens (tertiary/aromatic N) is 1. The van der Waals surface area contributed by atoms with E-state index in [1.54, 1.807) is 59.2 Å². The van der Waals surface area contributed by atoms with E-state index < -0.39 is 31.8 Å². The Balaban J connectivity index is 1.40. The Labute approximate surface area is 266 Å². The van der Waals surface area contributed by atoms with Crippen LogP contribution in [0.15, 0.2) is 72.8 Å². The van der Waals surface area contributed by atoms with Gasteiger partial charge in [-0.3, -0.25) is 14.7 Å². The van der Waals surface area contributed by atoms with Crippen LogP contribution in [-0.2, 0) is 37.8 Å². The van der Waals surface area contributed by atoms with Gasteiger partial charge in [0.1, 0.15) is 18.0 Å². The Morgan fingerprint density at radius 2 is 1.60 bits per heavy atom. The first-order valence-electron chi connectivity index (χ1n) is 14.2. The van der Waals surface area contributed by atoms with Gasteiger partial charge in [0.2, 0.25) is 0 Å². The Hall–Kier alpha value is -3.54. The van der Waals surface area contributed by atoms with Gasteiger partial charge in [-0.15, -0.1) is 0 Å². The van der Waals surface area contributed by atoms with Crippen molar-refractivity contribution in [2.45, 2.75) is 44.6 Å². The maximum absolute atomic E-state index is 12.6. The van der Waals surface area contributed by atoms with E-state index in [0.29, 0.717) is 16.7 Å². The lowest BCUT2D eigenvalue weighted by Gasteiger charge is -2.22. The largest absolute Gasteiger partial charge is 0.480 e. The van der Waals surface area contributed by atoms with Crippen molar-refractivity contribution in [1.82, 2.24) is 15.2 Å². The molecule has 5 N–H and O–H groups in total. The zero-order chi connectivity index (χ0) is 32.7. The second-order valence-corrected chi connectivity index (χ2v) is 13.4. The standard InChI is InChI=1S/C32H37ClN3O8P/c1-20(34-18-30(37)35-27(31(38)39)16-22-5-4-6-25(33)15-22)13-23-9-12-28-24(14-23)17-29(32(40)41)36(28)19-21-7-10-26(11-8-21)45(42,43-2)44-3/h4-12,14-15,17,20,27,30,34-35,37H,13,16,18-19H2,1-3H3,(H,38,39)(H,40,41)/t20-,27+,30-/m1/s1. The number of aliphatic hydroxyl groups excluding tert-OH is 1. The summed E-state index contributed by atoms with van der Waals surface area (Å²) in [5, 5.41) is 37.7. The molecule has 45 heavy (non-hydrogen) atoms. The number of aromatic nitrogens is 1. The number of benzene rings is 3. The second kappa shape index (κ2) is 15.2. The minimum Gasteiger partial charge on any atom is -0.480 e. The molecule has 0 aliphatic heterocycles. The molecule has 0 aliphatic carbocycles. The first kappa shape index (κ1) is 34.3. The maximum atomic E-state index is 12.6. The molecule has 3 atom stereocenters. The van der Waals surface area contributed by atoms with Crippen LogP contribution < -0.4 is 15.9 Å². The van der Waals surface area contributed by atoms with Crippen molar-refractivity contribution in [3.8, 4) is 0 Å². The number of aromatic carboxylic acids is 1. The van der Waals surface area contributed by atoms with Gasteiger partial charge in [-0.05, 0) is 78.9 Å². The molecule has 0 amide bonds. The fourth-order valence-electron chi connectivity index (χ4n) is 5.19. The highest BCUT2D eigenvalue weighted by molar-refractivity contribution is 7.62. The summed E-state index contributed by atoms with van der Waals surface area (Å²) in [5.74, 6) is -2.14. The van der Waals surface area contributed by atoms with Gasteiger partial charge in [0.05, 0.1) is 5.30 Å². The van der Waals surface area contributed by atoms with Crippen LogP contribution in [0.25, 0.3) is 10.9 Å². The van der Waals surface area contributed by atoms with E-state index in [-0.39, 0.29) is 31.2 Å². The quantitative estimate of drug-likeness (QED) is 0.0870. The first-order chi connectivity index (χ1) is 21.4. The molecule has 0 saturated carbocycles. The number of nitrogens with one attached hydrogen (secondary N) is 2. The van der Waals surface area contributed by atoms with E-state index in [9.17, 15) is 29.5 Å². The summed E-state index contributed by atoms with van der Waals surface area (Å²) < 4.78 is 24.5. The minimum absolute atomic E-state index is 0.0789. The monoisotopic (exact) mass is 657 g/mol. The molecule has 0 fully saturated rings. The van der Waals surface area contributed by atoms with E-state index in [2.05, 4.69) is 10.6 Å². The van der Waals surface area contributed by atoms with Crippen LogP contribution in [0.1, 0.15) is 34.1 Å². The van der Waals surface area contributed by atoms with Crippen LogP contribution in [0, 0.1) is 0 Å². The van der Waals surface area contributed by atoms with Crippen molar-refractivity contribution in [2.24, 2.45) is 0 Å². The number of halogens is 1. The number of aliphatic carboxylic acids is 1. The number of rotatable bonds is 16. The molecule has 0 spiro atoms. The second-order valence-electron chi connectivity index (χ2n) is 10.8. The molecule has 13 heteroatoms. The Bertz CT molecular complexity index is 1690. The Morgan fingerprint density at radius 3 is 2.22 bits per heavy atom. The summed E-state index contributed by atoms with van der Waals surface area (Å²) in [6.45, 7) is 2.35. The molecule has 0 saturated heterocycles. The number of carbonyl (C=O) groups is 2. The van der Waals surface area contributed by atoms with Crippen LogP contribution in [0.5, 0.6) is 0 Å². The average Bonchev–Trinajstić information content (AvgIpc) is 3.37. The molecule has 0 aliphatic rings. The summed E-state index contributed by atoms with van der Waals surface area (Å²) in [7, 11) is -0.760. The molecule has 4 aromatic rings. The van der Waals surface area contributed by atoms with E-state index >= 15 is 0 Å². The predicted molar refractivity (Wildman–Crippen MR) is 173 cm³/mol. The lowest BCUT2D eigenvalue weighted by molar-refractivity contribution is -0.140. The van der Waals surface area contributed by atoms with Crippen molar-refractivity contribution in [3.05, 3.63) is 100 Å². The van der Waals surface area contributed by atoms with E-state index in [4.69, 9.17) is 20.6 Å². The summed E-state index contributed by atoms with van der Waals surface area (Å²) in [6.07, 6.45) is -0.357. The molecule has 3 aromatic carbocycles. The number of carboxylic acid groups (broad SMARTS) is 2. The number of carboxylic acids is 2. The molecule has 4 rings (SSSR count). The third kappa shape index (κ3) is 8.80. The number of fused-ring (bicyclic) bond motifs is 1. The molecule has 0 unspecified atom stereocenters. The van der Waals surface area contributed by atoms with Gasteiger partial charge >= 0.3 is 19.5 Å². The SMILES string of the molecule is COP(=O)(OC)c1ccc(Cn2c(C(=O)O)cc3cc(C[C@@H](C)NC[C@@H](O)N[C@@H](Cc4cccc(Cl)c4)C(=O)O)ccc32)cc1. The molecular formula is C32H37ClN3O8P. The third-order valence-corrected chi connectivity index (χ3v) is 9.61. The Morgan fingerprint density at radius 1 is 0.933 bits per heavy atom. The van der Waals surface area contributed by atoms with E-state index in [1.807, 2.05) is 25.1 Å². The summed E-state index contributed by atoms with van der Waals surface area (Å²) >= 11 is 6.01. The van der Waals surface area contributed by atoms with Gasteiger partial charge in [-0.1, -0.05) is 41.9 Å². The van der Waals surface area contributed by atoms with Crippen LogP contribution in [0.3, 0.4) is 0 Å². The number of aliphatic hydroxyl groups is 1. The van der Waals surface area contributed by atoms with E-state index in [1.165, 1.54) is 14.2 Å². The number of hydrogen-bond acceptors (Lipinski definition) is 8. The highest BCUT2D eigenvalue weighted by Gasteiger charge is 2.24. The van der Waals surface area contributed by atoms with Crippen molar-refractivity contribution < 1.29 is 38.5 Å². The molecular weight excluding hydrogens is 621 g/mol. The topological polar surface area (TPSA) is 159 Å². The maximum Gasteiger partial charge on any atom is 0.360 e. The summed E-state index contributed by atoms with van der Waals surface area (Å²) in [4.78, 5) is 23.9. The van der Waals surface area contributed by atoms with Crippen LogP contribution in [0.2, 0.25) is 5.02 Å². The zero-order valence-electron chi connectivity index (χ0n) is 25.1. The summed E-state index contributed by atoms with van der Waals surface area (Å²) in [5.41, 5.74) is 3.40. The highest BCUT2D eigenvalue weighted by Crippen LogP contribution is 2.44. The fourth-order valence-corrected chi connectivity index (χ4v) is 6.49. The van der Waals surface area contributed by atoms with Gasteiger partial charge in [-0.25, -0.2) is 4.79 Å². The first-order valence-corrected chi connectivity index (χ1v) is 16.2. The van der Waals surface area contributed by atoms with Crippen LogP contribution >= 0.6 is 19.2 Å². The van der Waals surface area contributed by atoms with Crippen molar-refractivity contribution >= 4 is 47.3 Å². The van der Waals surface area contributed by atoms with E-state index in [0.717, 1.165) is 27.6 Å². The highest BCUT2D eigenvalue weighted by atomic mass is 35.5. The molecule has 0 radical (unpaired) electrons. The van der Waals surface area contributed by atoms with Crippen molar-refractivity contribution in [2.75, 3.05) is 20.8 Å².